The number of benzene rings is 1. The number of nitrogens with two attached hydrogens (primary N) is 1. The van der Waals surface area contributed by atoms with Crippen LogP contribution >= 0.6 is 0 Å². The van der Waals surface area contributed by atoms with Gasteiger partial charge in [0.15, 0.2) is 0 Å². The van der Waals surface area contributed by atoms with E-state index in [9.17, 15) is 0 Å². The molecule has 2 fully saturated rings. The molecule has 0 bridgehead atoms. The van der Waals surface area contributed by atoms with E-state index in [1.165, 1.54) is 36.8 Å². The Morgan fingerprint density at radius 2 is 2.00 bits per heavy atom. The molecule has 1 aromatic rings. The van der Waals surface area contributed by atoms with Crippen LogP contribution in [0.4, 0.5) is 0 Å². The molecule has 3 rings (SSSR count). The number of nitrogens with one attached hydrogen (secondary N) is 1. The predicted octanol–water partition coefficient (Wildman–Crippen LogP) is 2.53. The summed E-state index contributed by atoms with van der Waals surface area (Å²) in [5.74, 6) is 0.745. The van der Waals surface area contributed by atoms with E-state index in [0.29, 0.717) is 5.41 Å². The predicted molar refractivity (Wildman–Crippen MR) is 75.8 cm³/mol. The average molecular weight is 244 g/mol. The van der Waals surface area contributed by atoms with Gasteiger partial charge in [-0.15, -0.1) is 0 Å². The highest BCUT2D eigenvalue weighted by molar-refractivity contribution is 5.37. The van der Waals surface area contributed by atoms with Crippen molar-refractivity contribution in [3.8, 4) is 0 Å². The standard InChI is InChI=1S/C16H24N2/c1-12(17)16(7-8-16)15-4-2-3-14(11-15)13-5-9-18-10-6-13/h2-4,11-13,18H,5-10,17H2,1H3. The Balaban J connectivity index is 1.85. The van der Waals surface area contributed by atoms with E-state index in [1.54, 1.807) is 0 Å². The minimum Gasteiger partial charge on any atom is -0.327 e. The topological polar surface area (TPSA) is 38.0 Å². The fourth-order valence-corrected chi connectivity index (χ4v) is 3.40. The second-order valence-electron chi connectivity index (χ2n) is 6.09. The Hall–Kier alpha value is -0.860. The Morgan fingerprint density at radius 1 is 1.28 bits per heavy atom. The second kappa shape index (κ2) is 4.67. The van der Waals surface area contributed by atoms with E-state index in [1.807, 2.05) is 0 Å². The zero-order valence-corrected chi connectivity index (χ0v) is 11.3. The smallest absolute Gasteiger partial charge is 0.0108 e. The van der Waals surface area contributed by atoms with Crippen molar-refractivity contribution in [2.45, 2.75) is 50.0 Å². The van der Waals surface area contributed by atoms with Crippen LogP contribution in [0.5, 0.6) is 0 Å². The third-order valence-electron chi connectivity index (χ3n) is 4.93. The lowest BCUT2D eigenvalue weighted by Gasteiger charge is -2.25. The lowest BCUT2D eigenvalue weighted by atomic mass is 9.84. The molecule has 0 aromatic heterocycles. The van der Waals surface area contributed by atoms with Crippen LogP contribution in [-0.4, -0.2) is 19.1 Å². The van der Waals surface area contributed by atoms with Crippen molar-refractivity contribution in [1.82, 2.24) is 5.32 Å². The molecule has 1 saturated heterocycles. The fourth-order valence-electron chi connectivity index (χ4n) is 3.40. The highest BCUT2D eigenvalue weighted by Crippen LogP contribution is 2.50. The van der Waals surface area contributed by atoms with Gasteiger partial charge < -0.3 is 11.1 Å². The first kappa shape index (κ1) is 12.2. The maximum atomic E-state index is 6.18. The molecule has 1 aromatic carbocycles. The molecule has 0 radical (unpaired) electrons. The van der Waals surface area contributed by atoms with Crippen LogP contribution in [0.25, 0.3) is 0 Å². The molecule has 1 heterocycles. The molecule has 1 aliphatic carbocycles. The molecular weight excluding hydrogens is 220 g/mol. The van der Waals surface area contributed by atoms with Crippen LogP contribution in [0.15, 0.2) is 24.3 Å². The second-order valence-corrected chi connectivity index (χ2v) is 6.09. The maximum Gasteiger partial charge on any atom is 0.0108 e. The molecule has 98 valence electrons. The third-order valence-corrected chi connectivity index (χ3v) is 4.93. The monoisotopic (exact) mass is 244 g/mol. The molecule has 2 nitrogen and oxygen atoms in total. The Kier molecular flexibility index (Phi) is 3.16. The molecule has 3 N–H and O–H groups in total. The molecule has 1 saturated carbocycles. The van der Waals surface area contributed by atoms with Gasteiger partial charge in [-0.2, -0.15) is 0 Å². The first-order valence-electron chi connectivity index (χ1n) is 7.29. The van der Waals surface area contributed by atoms with Crippen LogP contribution in [0.1, 0.15) is 49.7 Å². The van der Waals surface area contributed by atoms with Crippen molar-refractivity contribution in [1.29, 1.82) is 0 Å². The van der Waals surface area contributed by atoms with E-state index in [4.69, 9.17) is 5.73 Å². The van der Waals surface area contributed by atoms with Crippen LogP contribution in [0.2, 0.25) is 0 Å². The van der Waals surface area contributed by atoms with Crippen molar-refractivity contribution in [3.63, 3.8) is 0 Å². The summed E-state index contributed by atoms with van der Waals surface area (Å²) in [5.41, 5.74) is 9.49. The van der Waals surface area contributed by atoms with E-state index >= 15 is 0 Å². The zero-order valence-electron chi connectivity index (χ0n) is 11.3. The summed E-state index contributed by atoms with van der Waals surface area (Å²) in [4.78, 5) is 0. The van der Waals surface area contributed by atoms with E-state index < -0.39 is 0 Å². The number of hydrogen-bond acceptors (Lipinski definition) is 2. The zero-order chi connectivity index (χ0) is 12.6. The summed E-state index contributed by atoms with van der Waals surface area (Å²) in [5, 5.41) is 3.44. The van der Waals surface area contributed by atoms with E-state index in [2.05, 4.69) is 36.5 Å². The summed E-state index contributed by atoms with van der Waals surface area (Å²) in [7, 11) is 0. The molecule has 1 aliphatic heterocycles. The van der Waals surface area contributed by atoms with Crippen molar-refractivity contribution < 1.29 is 0 Å². The van der Waals surface area contributed by atoms with Gasteiger partial charge in [0.25, 0.3) is 0 Å². The first-order valence-corrected chi connectivity index (χ1v) is 7.29. The molecule has 2 aliphatic rings. The minimum atomic E-state index is 0.278. The molecule has 1 atom stereocenters. The minimum absolute atomic E-state index is 0.278. The molecular formula is C16H24N2. The van der Waals surface area contributed by atoms with Gasteiger partial charge in [0.1, 0.15) is 0 Å². The first-order chi connectivity index (χ1) is 8.72. The van der Waals surface area contributed by atoms with Crippen molar-refractivity contribution >= 4 is 0 Å². The lowest BCUT2D eigenvalue weighted by Crippen LogP contribution is -2.31. The quantitative estimate of drug-likeness (QED) is 0.857. The summed E-state index contributed by atoms with van der Waals surface area (Å²) in [6, 6.07) is 9.53. The van der Waals surface area contributed by atoms with Crippen LogP contribution < -0.4 is 11.1 Å². The molecule has 1 unspecified atom stereocenters. The van der Waals surface area contributed by atoms with Gasteiger partial charge in [-0.1, -0.05) is 24.3 Å². The molecule has 18 heavy (non-hydrogen) atoms. The van der Waals surface area contributed by atoms with Gasteiger partial charge in [0.2, 0.25) is 0 Å². The van der Waals surface area contributed by atoms with E-state index in [0.717, 1.165) is 19.0 Å². The van der Waals surface area contributed by atoms with E-state index in [-0.39, 0.29) is 6.04 Å². The highest BCUT2D eigenvalue weighted by Gasteiger charge is 2.47. The van der Waals surface area contributed by atoms with Crippen molar-refractivity contribution in [3.05, 3.63) is 35.4 Å². The van der Waals surface area contributed by atoms with Gasteiger partial charge in [-0.3, -0.25) is 0 Å². The largest absolute Gasteiger partial charge is 0.327 e. The van der Waals surface area contributed by atoms with Gasteiger partial charge >= 0.3 is 0 Å². The average Bonchev–Trinajstić information content (AvgIpc) is 3.21. The number of piperidine rings is 1. The molecule has 0 spiro atoms. The molecule has 2 heteroatoms. The molecule has 0 amide bonds. The normalized spacial score (nSPS) is 24.8. The van der Waals surface area contributed by atoms with Crippen molar-refractivity contribution in [2.75, 3.05) is 13.1 Å². The van der Waals surface area contributed by atoms with Gasteiger partial charge in [-0.25, -0.2) is 0 Å². The van der Waals surface area contributed by atoms with Crippen LogP contribution in [-0.2, 0) is 5.41 Å². The van der Waals surface area contributed by atoms with Crippen molar-refractivity contribution in [2.24, 2.45) is 5.73 Å². The lowest BCUT2D eigenvalue weighted by molar-refractivity contribution is 0.459. The number of hydrogen-bond donors (Lipinski definition) is 2. The highest BCUT2D eigenvalue weighted by atomic mass is 14.9. The van der Waals surface area contributed by atoms with Gasteiger partial charge in [-0.05, 0) is 62.7 Å². The van der Waals surface area contributed by atoms with Gasteiger partial charge in [0.05, 0.1) is 0 Å². The third kappa shape index (κ3) is 2.08. The number of rotatable bonds is 3. The van der Waals surface area contributed by atoms with Crippen LogP contribution in [0.3, 0.4) is 0 Å². The Labute approximate surface area is 110 Å². The Morgan fingerprint density at radius 3 is 2.61 bits per heavy atom. The maximum absolute atomic E-state index is 6.18. The van der Waals surface area contributed by atoms with Gasteiger partial charge in [0, 0.05) is 11.5 Å². The summed E-state index contributed by atoms with van der Waals surface area (Å²) in [6.45, 7) is 4.48. The SMILES string of the molecule is CC(N)C1(c2cccc(C3CCNCC3)c2)CC1. The summed E-state index contributed by atoms with van der Waals surface area (Å²) < 4.78 is 0. The Bertz CT molecular complexity index is 415. The summed E-state index contributed by atoms with van der Waals surface area (Å²) >= 11 is 0. The fraction of sp³-hybridized carbons (Fsp3) is 0.625. The van der Waals surface area contributed by atoms with Crippen LogP contribution in [0, 0.1) is 0 Å². The summed E-state index contributed by atoms with van der Waals surface area (Å²) in [6.07, 6.45) is 5.07.